The minimum Gasteiger partial charge on any atom is -0.430 e. The van der Waals surface area contributed by atoms with Crippen LogP contribution in [0.3, 0.4) is 0 Å². The summed E-state index contributed by atoms with van der Waals surface area (Å²) in [4.78, 5) is 3.62. The minimum absolute atomic E-state index is 0.287. The highest BCUT2D eigenvalue weighted by molar-refractivity contribution is 9.10. The van der Waals surface area contributed by atoms with Crippen molar-refractivity contribution in [2.75, 3.05) is 0 Å². The van der Waals surface area contributed by atoms with Gasteiger partial charge in [0.25, 0.3) is 9.84 Å². The molecule has 0 fully saturated rings. The lowest BCUT2D eigenvalue weighted by molar-refractivity contribution is 0.550. The van der Waals surface area contributed by atoms with Gasteiger partial charge in [0, 0.05) is 10.7 Å². The third-order valence-electron chi connectivity index (χ3n) is 1.68. The van der Waals surface area contributed by atoms with E-state index in [0.717, 1.165) is 9.88 Å². The Bertz CT molecular complexity index is 531. The molecule has 0 unspecified atom stereocenters. The van der Waals surface area contributed by atoms with E-state index in [1.54, 1.807) is 24.3 Å². The Labute approximate surface area is 95.3 Å². The highest BCUT2D eigenvalue weighted by Crippen LogP contribution is 2.18. The molecular formula is C9H6BrNO3S. The van der Waals surface area contributed by atoms with E-state index in [1.165, 1.54) is 6.20 Å². The standard InChI is InChI=1S/C9H6BrNO3S/c10-7-1-3-8(4-2-7)14-9-11-5-6-15(9,12)13/h1-6H. The van der Waals surface area contributed by atoms with Crippen LogP contribution in [0, 0.1) is 0 Å². The Hall–Kier alpha value is -1.14. The Balaban J connectivity index is 2.21. The molecule has 1 aromatic rings. The molecule has 15 heavy (non-hydrogen) atoms. The normalized spacial score (nSPS) is 17.5. The van der Waals surface area contributed by atoms with Gasteiger partial charge in [0.2, 0.25) is 0 Å². The van der Waals surface area contributed by atoms with Crippen molar-refractivity contribution in [2.45, 2.75) is 0 Å². The van der Waals surface area contributed by atoms with Crippen molar-refractivity contribution in [2.24, 2.45) is 4.99 Å². The largest absolute Gasteiger partial charge is 0.430 e. The second kappa shape index (κ2) is 3.79. The highest BCUT2D eigenvalue weighted by atomic mass is 79.9. The van der Waals surface area contributed by atoms with Crippen molar-refractivity contribution in [3.05, 3.63) is 40.3 Å². The molecule has 0 atom stereocenters. The summed E-state index contributed by atoms with van der Waals surface area (Å²) in [5.41, 5.74) is 0. The molecule has 0 bridgehead atoms. The second-order valence-corrected chi connectivity index (χ2v) is 5.41. The summed E-state index contributed by atoms with van der Waals surface area (Å²) in [6, 6.07) is 6.82. The van der Waals surface area contributed by atoms with Gasteiger partial charge in [0.1, 0.15) is 5.75 Å². The lowest BCUT2D eigenvalue weighted by atomic mass is 10.3. The lowest BCUT2D eigenvalue weighted by Crippen LogP contribution is -2.15. The van der Waals surface area contributed by atoms with Crippen LogP contribution in [0.25, 0.3) is 0 Å². The molecule has 0 radical (unpaired) electrons. The fourth-order valence-corrected chi connectivity index (χ4v) is 2.01. The Kier molecular flexibility index (Phi) is 2.62. The number of benzene rings is 1. The SMILES string of the molecule is O=S1(=O)C=CN=C1Oc1ccc(Br)cc1. The fourth-order valence-electron chi connectivity index (χ4n) is 0.991. The first-order chi connectivity index (χ1) is 7.08. The lowest BCUT2D eigenvalue weighted by Gasteiger charge is -2.03. The number of rotatable bonds is 1. The van der Waals surface area contributed by atoms with Gasteiger partial charge in [0.15, 0.2) is 0 Å². The van der Waals surface area contributed by atoms with Gasteiger partial charge in [0.05, 0.1) is 5.41 Å². The zero-order chi connectivity index (χ0) is 10.9. The number of hydrogen-bond acceptors (Lipinski definition) is 4. The zero-order valence-corrected chi connectivity index (χ0v) is 9.82. The summed E-state index contributed by atoms with van der Waals surface area (Å²) in [5.74, 6) is 0.434. The monoisotopic (exact) mass is 287 g/mol. The Morgan fingerprint density at radius 1 is 1.20 bits per heavy atom. The van der Waals surface area contributed by atoms with Crippen LogP contribution in [0.1, 0.15) is 0 Å². The third kappa shape index (κ3) is 2.27. The van der Waals surface area contributed by atoms with Crippen LogP contribution in [0.15, 0.2) is 45.3 Å². The van der Waals surface area contributed by atoms with Crippen molar-refractivity contribution in [3.63, 3.8) is 0 Å². The summed E-state index contributed by atoms with van der Waals surface area (Å²) in [7, 11) is -3.46. The average molecular weight is 288 g/mol. The molecule has 0 amide bonds. The number of halogens is 1. The summed E-state index contributed by atoms with van der Waals surface area (Å²) in [5, 5.41) is 0.714. The number of ether oxygens (including phenoxy) is 1. The van der Waals surface area contributed by atoms with Gasteiger partial charge in [-0.2, -0.15) is 0 Å². The molecule has 1 aliphatic rings. The topological polar surface area (TPSA) is 55.7 Å². The van der Waals surface area contributed by atoms with Crippen LogP contribution in [-0.2, 0) is 9.84 Å². The van der Waals surface area contributed by atoms with E-state index in [-0.39, 0.29) is 5.23 Å². The van der Waals surface area contributed by atoms with E-state index in [9.17, 15) is 8.42 Å². The van der Waals surface area contributed by atoms with Crippen molar-refractivity contribution in [1.29, 1.82) is 0 Å². The quantitative estimate of drug-likeness (QED) is 0.795. The molecule has 2 rings (SSSR count). The number of aliphatic imine (C=N–C) groups is 1. The summed E-state index contributed by atoms with van der Waals surface area (Å²) in [6.07, 6.45) is 1.20. The molecule has 0 saturated heterocycles. The van der Waals surface area contributed by atoms with Crippen LogP contribution in [-0.4, -0.2) is 13.6 Å². The van der Waals surface area contributed by atoms with E-state index in [1.807, 2.05) is 0 Å². The van der Waals surface area contributed by atoms with E-state index in [0.29, 0.717) is 5.75 Å². The molecule has 6 heteroatoms. The molecule has 0 N–H and O–H groups in total. The van der Waals surface area contributed by atoms with E-state index in [2.05, 4.69) is 20.9 Å². The smallest absolute Gasteiger partial charge is 0.319 e. The second-order valence-electron chi connectivity index (χ2n) is 2.78. The molecule has 0 spiro atoms. The van der Waals surface area contributed by atoms with E-state index < -0.39 is 9.84 Å². The van der Waals surface area contributed by atoms with Gasteiger partial charge in [-0.05, 0) is 24.3 Å². The summed E-state index contributed by atoms with van der Waals surface area (Å²) < 4.78 is 28.6. The highest BCUT2D eigenvalue weighted by Gasteiger charge is 2.22. The van der Waals surface area contributed by atoms with E-state index >= 15 is 0 Å². The average Bonchev–Trinajstić information content (AvgIpc) is 2.50. The molecule has 1 aliphatic heterocycles. The first-order valence-electron chi connectivity index (χ1n) is 4.01. The van der Waals surface area contributed by atoms with E-state index in [4.69, 9.17) is 4.74 Å². The Morgan fingerprint density at radius 2 is 1.87 bits per heavy atom. The maximum absolute atomic E-state index is 11.3. The van der Waals surface area contributed by atoms with Gasteiger partial charge in [-0.1, -0.05) is 15.9 Å². The third-order valence-corrected chi connectivity index (χ3v) is 3.37. The van der Waals surface area contributed by atoms with Crippen molar-refractivity contribution in [1.82, 2.24) is 0 Å². The maximum Gasteiger partial charge on any atom is 0.319 e. The first kappa shape index (κ1) is 10.4. The fraction of sp³-hybridized carbons (Fsp3) is 0. The van der Waals surface area contributed by atoms with Crippen LogP contribution in [0.4, 0.5) is 0 Å². The molecular weight excluding hydrogens is 282 g/mol. The predicted molar refractivity (Wildman–Crippen MR) is 60.3 cm³/mol. The summed E-state index contributed by atoms with van der Waals surface area (Å²) >= 11 is 3.26. The number of hydrogen-bond donors (Lipinski definition) is 0. The molecule has 4 nitrogen and oxygen atoms in total. The number of sulfone groups is 1. The molecule has 1 aromatic carbocycles. The molecule has 78 valence electrons. The van der Waals surface area contributed by atoms with Gasteiger partial charge < -0.3 is 4.74 Å². The predicted octanol–water partition coefficient (Wildman–Crippen LogP) is 2.08. The van der Waals surface area contributed by atoms with Crippen LogP contribution in [0.2, 0.25) is 0 Å². The molecule has 0 saturated carbocycles. The van der Waals surface area contributed by atoms with Crippen molar-refractivity contribution < 1.29 is 13.2 Å². The zero-order valence-electron chi connectivity index (χ0n) is 7.42. The minimum atomic E-state index is -3.46. The van der Waals surface area contributed by atoms with Gasteiger partial charge in [-0.25, -0.2) is 13.4 Å². The maximum atomic E-state index is 11.3. The van der Waals surface area contributed by atoms with Crippen molar-refractivity contribution in [3.8, 4) is 5.75 Å². The van der Waals surface area contributed by atoms with Crippen LogP contribution >= 0.6 is 15.9 Å². The van der Waals surface area contributed by atoms with Crippen LogP contribution < -0.4 is 4.74 Å². The van der Waals surface area contributed by atoms with Gasteiger partial charge >= 0.3 is 5.23 Å². The first-order valence-corrected chi connectivity index (χ1v) is 6.35. The molecule has 0 aromatic heterocycles. The van der Waals surface area contributed by atoms with Gasteiger partial charge in [-0.3, -0.25) is 0 Å². The van der Waals surface area contributed by atoms with Gasteiger partial charge in [-0.15, -0.1) is 0 Å². The summed E-state index contributed by atoms with van der Waals surface area (Å²) in [6.45, 7) is 0. The molecule has 1 heterocycles. The van der Waals surface area contributed by atoms with Crippen LogP contribution in [0.5, 0.6) is 5.75 Å². The Morgan fingerprint density at radius 3 is 2.40 bits per heavy atom. The number of nitrogens with zero attached hydrogens (tertiary/aromatic N) is 1. The molecule has 0 aliphatic carbocycles. The van der Waals surface area contributed by atoms with Crippen molar-refractivity contribution >= 4 is 31.0 Å².